The molecule has 0 fully saturated rings. The van der Waals surface area contributed by atoms with Crippen molar-refractivity contribution >= 4 is 11.8 Å². The van der Waals surface area contributed by atoms with E-state index in [0.717, 1.165) is 19.5 Å². The molecule has 1 aromatic rings. The molecular formula is C16H25N. The summed E-state index contributed by atoms with van der Waals surface area (Å²) in [5.41, 5.74) is 4.11. The molecule has 0 N–H and O–H groups in total. The number of anilines is 1. The van der Waals surface area contributed by atoms with Crippen LogP contribution in [0.15, 0.2) is 24.8 Å². The highest BCUT2D eigenvalue weighted by atomic mass is 15.1. The van der Waals surface area contributed by atoms with Crippen molar-refractivity contribution in [1.82, 2.24) is 0 Å². The van der Waals surface area contributed by atoms with Gasteiger partial charge in [0, 0.05) is 18.8 Å². The second kappa shape index (κ2) is 7.16. The van der Waals surface area contributed by atoms with E-state index in [-0.39, 0.29) is 0 Å². The fourth-order valence-corrected chi connectivity index (χ4v) is 2.36. The van der Waals surface area contributed by atoms with E-state index in [9.17, 15) is 0 Å². The largest absolute Gasteiger partial charge is 0.371 e. The van der Waals surface area contributed by atoms with Crippen LogP contribution in [-0.2, 0) is 6.42 Å². The van der Waals surface area contributed by atoms with Crippen molar-refractivity contribution in [2.24, 2.45) is 0 Å². The summed E-state index contributed by atoms with van der Waals surface area (Å²) in [4.78, 5) is 2.51. The van der Waals surface area contributed by atoms with Gasteiger partial charge in [-0.2, -0.15) is 0 Å². The zero-order valence-corrected chi connectivity index (χ0v) is 11.5. The third-order valence-electron chi connectivity index (χ3n) is 3.09. The summed E-state index contributed by atoms with van der Waals surface area (Å²) in [7, 11) is 0. The molecule has 0 aliphatic heterocycles. The van der Waals surface area contributed by atoms with Gasteiger partial charge in [0.05, 0.1) is 0 Å². The van der Waals surface area contributed by atoms with Gasteiger partial charge in [-0.15, -0.1) is 0 Å². The molecular weight excluding hydrogens is 206 g/mol. The second-order valence-corrected chi connectivity index (χ2v) is 4.39. The molecule has 0 radical (unpaired) electrons. The zero-order chi connectivity index (χ0) is 12.7. The Morgan fingerprint density at radius 3 is 2.24 bits per heavy atom. The molecule has 1 aromatic carbocycles. The smallest absolute Gasteiger partial charge is 0.0404 e. The Balaban J connectivity index is 3.12. The van der Waals surface area contributed by atoms with Gasteiger partial charge < -0.3 is 4.90 Å². The SMILES string of the molecule is C=Cc1cccc(N(CCC)CCC)c1CC. The van der Waals surface area contributed by atoms with Crippen molar-refractivity contribution in [2.45, 2.75) is 40.0 Å². The maximum atomic E-state index is 3.91. The maximum absolute atomic E-state index is 3.91. The molecule has 94 valence electrons. The van der Waals surface area contributed by atoms with Crippen LogP contribution in [0.3, 0.4) is 0 Å². The van der Waals surface area contributed by atoms with E-state index in [2.05, 4.69) is 50.4 Å². The molecule has 1 heteroatoms. The summed E-state index contributed by atoms with van der Waals surface area (Å²) in [6.07, 6.45) is 5.43. The first-order valence-electron chi connectivity index (χ1n) is 6.77. The van der Waals surface area contributed by atoms with Crippen molar-refractivity contribution in [1.29, 1.82) is 0 Å². The lowest BCUT2D eigenvalue weighted by atomic mass is 10.0. The molecule has 0 atom stereocenters. The highest BCUT2D eigenvalue weighted by Gasteiger charge is 2.10. The predicted molar refractivity (Wildman–Crippen MR) is 78.7 cm³/mol. The molecule has 0 unspecified atom stereocenters. The van der Waals surface area contributed by atoms with Gasteiger partial charge in [-0.05, 0) is 36.5 Å². The summed E-state index contributed by atoms with van der Waals surface area (Å²) in [5.74, 6) is 0. The monoisotopic (exact) mass is 231 g/mol. The van der Waals surface area contributed by atoms with Crippen molar-refractivity contribution in [2.75, 3.05) is 18.0 Å². The van der Waals surface area contributed by atoms with E-state index >= 15 is 0 Å². The number of hydrogen-bond donors (Lipinski definition) is 0. The third-order valence-corrected chi connectivity index (χ3v) is 3.09. The van der Waals surface area contributed by atoms with Crippen LogP contribution in [0.4, 0.5) is 5.69 Å². The Bertz CT molecular complexity index is 349. The minimum absolute atomic E-state index is 1.07. The van der Waals surface area contributed by atoms with Gasteiger partial charge >= 0.3 is 0 Å². The number of hydrogen-bond acceptors (Lipinski definition) is 1. The van der Waals surface area contributed by atoms with E-state index in [1.807, 2.05) is 6.08 Å². The third kappa shape index (κ3) is 3.36. The fraction of sp³-hybridized carbons (Fsp3) is 0.500. The van der Waals surface area contributed by atoms with Gasteiger partial charge in [0.15, 0.2) is 0 Å². The van der Waals surface area contributed by atoms with E-state index in [4.69, 9.17) is 0 Å². The van der Waals surface area contributed by atoms with Crippen LogP contribution in [0.5, 0.6) is 0 Å². The van der Waals surface area contributed by atoms with E-state index < -0.39 is 0 Å². The minimum atomic E-state index is 1.07. The number of rotatable bonds is 7. The lowest BCUT2D eigenvalue weighted by Gasteiger charge is -2.27. The number of nitrogens with zero attached hydrogens (tertiary/aromatic N) is 1. The zero-order valence-electron chi connectivity index (χ0n) is 11.5. The van der Waals surface area contributed by atoms with E-state index in [1.54, 1.807) is 0 Å². The first-order chi connectivity index (χ1) is 8.28. The first kappa shape index (κ1) is 13.8. The lowest BCUT2D eigenvalue weighted by molar-refractivity contribution is 0.740. The molecule has 0 aromatic heterocycles. The van der Waals surface area contributed by atoms with Crippen LogP contribution >= 0.6 is 0 Å². The Hall–Kier alpha value is -1.24. The van der Waals surface area contributed by atoms with Crippen molar-refractivity contribution in [3.05, 3.63) is 35.9 Å². The van der Waals surface area contributed by atoms with Gasteiger partial charge in [-0.3, -0.25) is 0 Å². The quantitative estimate of drug-likeness (QED) is 0.667. The topological polar surface area (TPSA) is 3.24 Å². The molecule has 0 saturated carbocycles. The molecule has 0 amide bonds. The molecule has 1 nitrogen and oxygen atoms in total. The Morgan fingerprint density at radius 2 is 1.76 bits per heavy atom. The molecule has 0 saturated heterocycles. The Labute approximate surface area is 106 Å². The average molecular weight is 231 g/mol. The van der Waals surface area contributed by atoms with Crippen molar-refractivity contribution < 1.29 is 0 Å². The van der Waals surface area contributed by atoms with Crippen molar-refractivity contribution in [3.63, 3.8) is 0 Å². The maximum Gasteiger partial charge on any atom is 0.0404 e. The number of benzene rings is 1. The highest BCUT2D eigenvalue weighted by Crippen LogP contribution is 2.26. The summed E-state index contributed by atoms with van der Waals surface area (Å²) in [5, 5.41) is 0. The second-order valence-electron chi connectivity index (χ2n) is 4.39. The average Bonchev–Trinajstić information content (AvgIpc) is 2.37. The summed E-state index contributed by atoms with van der Waals surface area (Å²) < 4.78 is 0. The van der Waals surface area contributed by atoms with Gasteiger partial charge in [-0.1, -0.05) is 45.6 Å². The van der Waals surface area contributed by atoms with Crippen LogP contribution in [0.25, 0.3) is 6.08 Å². The molecule has 0 spiro atoms. The predicted octanol–water partition coefficient (Wildman–Crippen LogP) is 4.52. The molecule has 0 heterocycles. The molecule has 17 heavy (non-hydrogen) atoms. The summed E-state index contributed by atoms with van der Waals surface area (Å²) in [6.45, 7) is 12.9. The molecule has 0 bridgehead atoms. The standard InChI is InChI=1S/C16H25N/c1-5-12-17(13-6-2)16-11-9-10-14(7-3)15(16)8-4/h7,9-11H,3,5-6,8,12-13H2,1-2,4H3. The highest BCUT2D eigenvalue weighted by molar-refractivity contribution is 5.64. The van der Waals surface area contributed by atoms with Crippen LogP contribution in [0.2, 0.25) is 0 Å². The first-order valence-corrected chi connectivity index (χ1v) is 6.77. The van der Waals surface area contributed by atoms with Crippen LogP contribution in [0.1, 0.15) is 44.7 Å². The molecule has 0 aliphatic carbocycles. The Morgan fingerprint density at radius 1 is 1.12 bits per heavy atom. The Kier molecular flexibility index (Phi) is 5.82. The molecule has 1 rings (SSSR count). The van der Waals surface area contributed by atoms with Crippen LogP contribution in [-0.4, -0.2) is 13.1 Å². The van der Waals surface area contributed by atoms with Gasteiger partial charge in [0.25, 0.3) is 0 Å². The fourth-order valence-electron chi connectivity index (χ4n) is 2.36. The summed E-state index contributed by atoms with van der Waals surface area (Å²) in [6, 6.07) is 6.55. The minimum Gasteiger partial charge on any atom is -0.371 e. The van der Waals surface area contributed by atoms with Crippen LogP contribution < -0.4 is 4.90 Å². The van der Waals surface area contributed by atoms with Gasteiger partial charge in [-0.25, -0.2) is 0 Å². The molecule has 0 aliphatic rings. The van der Waals surface area contributed by atoms with Crippen molar-refractivity contribution in [3.8, 4) is 0 Å². The van der Waals surface area contributed by atoms with Gasteiger partial charge in [0.2, 0.25) is 0 Å². The summed E-state index contributed by atoms with van der Waals surface area (Å²) >= 11 is 0. The van der Waals surface area contributed by atoms with Gasteiger partial charge in [0.1, 0.15) is 0 Å². The van der Waals surface area contributed by atoms with E-state index in [0.29, 0.717) is 0 Å². The lowest BCUT2D eigenvalue weighted by Crippen LogP contribution is -2.26. The van der Waals surface area contributed by atoms with E-state index in [1.165, 1.54) is 29.7 Å². The normalized spacial score (nSPS) is 10.3. The van der Waals surface area contributed by atoms with Crippen LogP contribution in [0, 0.1) is 0 Å².